The number of imidazole rings is 1. The first kappa shape index (κ1) is 16.6. The van der Waals surface area contributed by atoms with Crippen molar-refractivity contribution in [2.45, 2.75) is 25.3 Å². The van der Waals surface area contributed by atoms with Gasteiger partial charge in [0.1, 0.15) is 5.82 Å². The van der Waals surface area contributed by atoms with Crippen LogP contribution < -0.4 is 4.90 Å². The molecular formula is C18H22N8S. The minimum absolute atomic E-state index is 0.395. The third-order valence-electron chi connectivity index (χ3n) is 5.21. The molecule has 1 aliphatic heterocycles. The molecule has 0 bridgehead atoms. The molecule has 0 radical (unpaired) electrons. The number of hydrogen-bond donors (Lipinski definition) is 0. The van der Waals surface area contributed by atoms with E-state index in [0.29, 0.717) is 5.92 Å². The number of nitrogens with zero attached hydrogens (tertiary/aromatic N) is 8. The molecule has 1 saturated heterocycles. The molecule has 8 nitrogen and oxygen atoms in total. The second-order valence-corrected chi connectivity index (χ2v) is 8.16. The summed E-state index contributed by atoms with van der Waals surface area (Å²) < 4.78 is 4.02. The van der Waals surface area contributed by atoms with Crippen molar-refractivity contribution in [2.75, 3.05) is 32.1 Å². The van der Waals surface area contributed by atoms with Crippen LogP contribution in [0.3, 0.4) is 0 Å². The highest BCUT2D eigenvalue weighted by Gasteiger charge is 2.25. The van der Waals surface area contributed by atoms with Gasteiger partial charge >= 0.3 is 0 Å². The molecule has 0 spiro atoms. The van der Waals surface area contributed by atoms with Gasteiger partial charge in [-0.25, -0.2) is 4.98 Å². The number of rotatable bonds is 4. The average Bonchev–Trinajstić information content (AvgIpc) is 3.36. The maximum atomic E-state index is 4.71. The Balaban J connectivity index is 1.29. The van der Waals surface area contributed by atoms with Gasteiger partial charge in [0.15, 0.2) is 16.4 Å². The fourth-order valence-electron chi connectivity index (χ4n) is 3.72. The standard InChI is InChI=1S/C18H22N8S/c1-23(2)16-4-3-15-20-21-17(26(15)22-16)13-5-7-24(8-6-13)11-14-12-25-9-10-27-18(25)19-14/h3-4,9-10,12-13H,5-8,11H2,1-2H3. The van der Waals surface area contributed by atoms with Gasteiger partial charge in [0, 0.05) is 44.3 Å². The van der Waals surface area contributed by atoms with E-state index in [2.05, 4.69) is 37.3 Å². The molecule has 0 aliphatic carbocycles. The van der Waals surface area contributed by atoms with Crippen LogP contribution in [0.1, 0.15) is 30.3 Å². The summed E-state index contributed by atoms with van der Waals surface area (Å²) in [6.45, 7) is 2.99. The second kappa shape index (κ2) is 6.58. The summed E-state index contributed by atoms with van der Waals surface area (Å²) >= 11 is 1.68. The molecule has 4 aromatic heterocycles. The number of piperidine rings is 1. The Labute approximate surface area is 161 Å². The summed E-state index contributed by atoms with van der Waals surface area (Å²) in [7, 11) is 3.99. The Bertz CT molecular complexity index is 1040. The van der Waals surface area contributed by atoms with Crippen LogP contribution >= 0.6 is 11.3 Å². The minimum atomic E-state index is 0.395. The van der Waals surface area contributed by atoms with Crippen LogP contribution in [-0.2, 0) is 6.54 Å². The van der Waals surface area contributed by atoms with E-state index in [1.807, 2.05) is 35.6 Å². The number of hydrogen-bond acceptors (Lipinski definition) is 7. The average molecular weight is 382 g/mol. The molecule has 0 aromatic carbocycles. The fraction of sp³-hybridized carbons (Fsp3) is 0.444. The highest BCUT2D eigenvalue weighted by atomic mass is 32.1. The van der Waals surface area contributed by atoms with Gasteiger partial charge < -0.3 is 4.90 Å². The predicted octanol–water partition coefficient (Wildman–Crippen LogP) is 2.28. The molecule has 0 unspecified atom stereocenters. The molecule has 1 fully saturated rings. The van der Waals surface area contributed by atoms with E-state index in [0.717, 1.165) is 60.4 Å². The van der Waals surface area contributed by atoms with E-state index in [-0.39, 0.29) is 0 Å². The lowest BCUT2D eigenvalue weighted by Crippen LogP contribution is -2.33. The molecular weight excluding hydrogens is 360 g/mol. The van der Waals surface area contributed by atoms with E-state index in [1.54, 1.807) is 11.3 Å². The van der Waals surface area contributed by atoms with Gasteiger partial charge in [0.05, 0.1) is 5.69 Å². The first-order valence-electron chi connectivity index (χ1n) is 9.20. The Kier molecular flexibility index (Phi) is 4.05. The van der Waals surface area contributed by atoms with Crippen molar-refractivity contribution < 1.29 is 0 Å². The van der Waals surface area contributed by atoms with Crippen LogP contribution in [0.25, 0.3) is 10.6 Å². The number of fused-ring (bicyclic) bond motifs is 2. The van der Waals surface area contributed by atoms with Crippen LogP contribution in [-0.4, -0.2) is 61.3 Å². The lowest BCUT2D eigenvalue weighted by atomic mass is 9.96. The summed E-state index contributed by atoms with van der Waals surface area (Å²) in [4.78, 5) is 10.2. The first-order chi connectivity index (χ1) is 13.2. The lowest BCUT2D eigenvalue weighted by molar-refractivity contribution is 0.199. The van der Waals surface area contributed by atoms with E-state index < -0.39 is 0 Å². The molecule has 27 heavy (non-hydrogen) atoms. The zero-order valence-corrected chi connectivity index (χ0v) is 16.3. The largest absolute Gasteiger partial charge is 0.361 e. The predicted molar refractivity (Wildman–Crippen MR) is 105 cm³/mol. The van der Waals surface area contributed by atoms with Gasteiger partial charge in [-0.1, -0.05) is 0 Å². The highest BCUT2D eigenvalue weighted by molar-refractivity contribution is 7.15. The Hall–Kier alpha value is -2.52. The number of aromatic nitrogens is 6. The molecule has 140 valence electrons. The van der Waals surface area contributed by atoms with Crippen LogP contribution in [0, 0.1) is 0 Å². The summed E-state index contributed by atoms with van der Waals surface area (Å²) in [5.74, 6) is 2.29. The van der Waals surface area contributed by atoms with Crippen molar-refractivity contribution in [2.24, 2.45) is 0 Å². The molecule has 0 saturated carbocycles. The van der Waals surface area contributed by atoms with Crippen molar-refractivity contribution >= 4 is 27.8 Å². The van der Waals surface area contributed by atoms with Crippen LogP contribution in [0.15, 0.2) is 29.9 Å². The molecule has 4 aromatic rings. The van der Waals surface area contributed by atoms with Gasteiger partial charge in [0.2, 0.25) is 0 Å². The van der Waals surface area contributed by atoms with Crippen LogP contribution in [0.4, 0.5) is 5.82 Å². The van der Waals surface area contributed by atoms with Gasteiger partial charge in [0.25, 0.3) is 0 Å². The smallest absolute Gasteiger partial charge is 0.193 e. The third kappa shape index (κ3) is 3.06. The van der Waals surface area contributed by atoms with Crippen molar-refractivity contribution in [3.8, 4) is 0 Å². The molecule has 0 N–H and O–H groups in total. The monoisotopic (exact) mass is 382 g/mol. The van der Waals surface area contributed by atoms with Crippen molar-refractivity contribution in [1.82, 2.24) is 34.1 Å². The van der Waals surface area contributed by atoms with Crippen molar-refractivity contribution in [3.63, 3.8) is 0 Å². The molecule has 0 atom stereocenters. The molecule has 5 rings (SSSR count). The summed E-state index contributed by atoms with van der Waals surface area (Å²) in [5, 5.41) is 15.5. The number of likely N-dealkylation sites (tertiary alicyclic amines) is 1. The molecule has 9 heteroatoms. The Morgan fingerprint density at radius 2 is 2.04 bits per heavy atom. The van der Waals surface area contributed by atoms with Gasteiger partial charge in [-0.2, -0.15) is 4.52 Å². The second-order valence-electron chi connectivity index (χ2n) is 7.29. The zero-order chi connectivity index (χ0) is 18.4. The maximum absolute atomic E-state index is 4.71. The summed E-state index contributed by atoms with van der Waals surface area (Å²) in [6, 6.07) is 3.96. The third-order valence-corrected chi connectivity index (χ3v) is 5.98. The summed E-state index contributed by atoms with van der Waals surface area (Å²) in [6.07, 6.45) is 6.33. The Morgan fingerprint density at radius 1 is 1.19 bits per heavy atom. The lowest BCUT2D eigenvalue weighted by Gasteiger charge is -2.30. The van der Waals surface area contributed by atoms with Gasteiger partial charge in [-0.15, -0.1) is 26.6 Å². The van der Waals surface area contributed by atoms with Crippen molar-refractivity contribution in [1.29, 1.82) is 0 Å². The number of thiazole rings is 1. The summed E-state index contributed by atoms with van der Waals surface area (Å²) in [5.41, 5.74) is 1.96. The fourth-order valence-corrected chi connectivity index (χ4v) is 4.44. The van der Waals surface area contributed by atoms with Gasteiger partial charge in [-0.05, 0) is 38.1 Å². The molecule has 5 heterocycles. The van der Waals surface area contributed by atoms with Crippen LogP contribution in [0.5, 0.6) is 0 Å². The SMILES string of the molecule is CN(C)c1ccc2nnc(C3CCN(Cc4cn5ccsc5n4)CC3)n2n1. The van der Waals surface area contributed by atoms with Crippen molar-refractivity contribution in [3.05, 3.63) is 41.4 Å². The van der Waals surface area contributed by atoms with E-state index in [9.17, 15) is 0 Å². The topological polar surface area (TPSA) is 66.9 Å². The molecule has 1 aliphatic rings. The van der Waals surface area contributed by atoms with E-state index >= 15 is 0 Å². The maximum Gasteiger partial charge on any atom is 0.193 e. The van der Waals surface area contributed by atoms with E-state index in [4.69, 9.17) is 10.1 Å². The zero-order valence-electron chi connectivity index (χ0n) is 15.5. The molecule has 0 amide bonds. The van der Waals surface area contributed by atoms with E-state index in [1.165, 1.54) is 0 Å². The Morgan fingerprint density at radius 3 is 2.81 bits per heavy atom. The number of anilines is 1. The highest BCUT2D eigenvalue weighted by Crippen LogP contribution is 2.28. The quantitative estimate of drug-likeness (QED) is 0.539. The van der Waals surface area contributed by atoms with Gasteiger partial charge in [-0.3, -0.25) is 9.30 Å². The van der Waals surface area contributed by atoms with Crippen LogP contribution in [0.2, 0.25) is 0 Å². The normalized spacial score (nSPS) is 16.5. The first-order valence-corrected chi connectivity index (χ1v) is 10.1. The minimum Gasteiger partial charge on any atom is -0.361 e.